The second-order valence-electron chi connectivity index (χ2n) is 7.76. The summed E-state index contributed by atoms with van der Waals surface area (Å²) in [5.74, 6) is 1.33. The van der Waals surface area contributed by atoms with E-state index in [1.807, 2.05) is 0 Å². The van der Waals surface area contributed by atoms with Crippen LogP contribution in [0.1, 0.15) is 89.9 Å². The first-order chi connectivity index (χ1) is 10.1. The summed E-state index contributed by atoms with van der Waals surface area (Å²) in [5, 5.41) is 0. The summed E-state index contributed by atoms with van der Waals surface area (Å²) in [6, 6.07) is 0. The molecule has 122 valence electrons. The van der Waals surface area contributed by atoms with Crippen molar-refractivity contribution in [2.45, 2.75) is 95.4 Å². The molecule has 2 aliphatic rings. The normalized spacial score (nSPS) is 24.6. The van der Waals surface area contributed by atoms with E-state index in [0.29, 0.717) is 6.42 Å². The fourth-order valence-electron chi connectivity index (χ4n) is 4.54. The molecule has 3 heteroatoms. The zero-order valence-corrected chi connectivity index (χ0v) is 13.6. The minimum atomic E-state index is -0.342. The van der Waals surface area contributed by atoms with Gasteiger partial charge in [-0.1, -0.05) is 64.2 Å². The average Bonchev–Trinajstić information content (AvgIpc) is 2.46. The molecule has 0 spiro atoms. The highest BCUT2D eigenvalue weighted by Gasteiger charge is 2.32. The van der Waals surface area contributed by atoms with E-state index >= 15 is 0 Å². The van der Waals surface area contributed by atoms with Gasteiger partial charge >= 0.3 is 0 Å². The van der Waals surface area contributed by atoms with Crippen LogP contribution < -0.4 is 11.5 Å². The van der Waals surface area contributed by atoms with Crippen LogP contribution in [0.25, 0.3) is 0 Å². The van der Waals surface area contributed by atoms with Crippen LogP contribution in [-0.2, 0) is 4.79 Å². The molecule has 2 aliphatic carbocycles. The van der Waals surface area contributed by atoms with Crippen molar-refractivity contribution in [3.05, 3.63) is 0 Å². The minimum absolute atomic E-state index is 0.225. The van der Waals surface area contributed by atoms with E-state index in [0.717, 1.165) is 24.7 Å². The third kappa shape index (κ3) is 5.98. The third-order valence-electron chi connectivity index (χ3n) is 5.72. The molecule has 0 heterocycles. The number of primary amides is 1. The van der Waals surface area contributed by atoms with Gasteiger partial charge in [0.15, 0.2) is 0 Å². The Hall–Kier alpha value is -0.570. The van der Waals surface area contributed by atoms with Crippen LogP contribution in [0.3, 0.4) is 0 Å². The molecule has 0 aliphatic heterocycles. The van der Waals surface area contributed by atoms with E-state index in [4.69, 9.17) is 11.5 Å². The number of carbonyl (C=O) groups is 1. The van der Waals surface area contributed by atoms with Gasteiger partial charge in [0.25, 0.3) is 0 Å². The van der Waals surface area contributed by atoms with Gasteiger partial charge in [-0.15, -0.1) is 0 Å². The van der Waals surface area contributed by atoms with Crippen LogP contribution in [-0.4, -0.2) is 11.4 Å². The Bertz CT molecular complexity index is 319. The molecule has 0 bridgehead atoms. The SMILES string of the molecule is NC(=O)CC(N)(CCC1CCCCC1)CC1CCCCC1. The predicted octanol–water partition coefficient (Wildman–Crippen LogP) is 3.89. The van der Waals surface area contributed by atoms with Crippen LogP contribution in [0.4, 0.5) is 0 Å². The van der Waals surface area contributed by atoms with Gasteiger partial charge in [-0.2, -0.15) is 0 Å². The van der Waals surface area contributed by atoms with Gasteiger partial charge in [-0.05, 0) is 31.1 Å². The summed E-state index contributed by atoms with van der Waals surface area (Å²) < 4.78 is 0. The quantitative estimate of drug-likeness (QED) is 0.748. The van der Waals surface area contributed by atoms with Gasteiger partial charge in [0.1, 0.15) is 0 Å². The zero-order valence-electron chi connectivity index (χ0n) is 13.6. The van der Waals surface area contributed by atoms with Gasteiger partial charge in [0.05, 0.1) is 0 Å². The van der Waals surface area contributed by atoms with Crippen molar-refractivity contribution < 1.29 is 4.79 Å². The van der Waals surface area contributed by atoms with Crippen LogP contribution in [0.5, 0.6) is 0 Å². The molecule has 2 rings (SSSR count). The van der Waals surface area contributed by atoms with E-state index in [-0.39, 0.29) is 11.4 Å². The lowest BCUT2D eigenvalue weighted by Crippen LogP contribution is -2.45. The van der Waals surface area contributed by atoms with E-state index in [9.17, 15) is 4.79 Å². The molecule has 2 saturated carbocycles. The molecule has 0 aromatic carbocycles. The Morgan fingerprint density at radius 2 is 1.43 bits per heavy atom. The summed E-state index contributed by atoms with van der Waals surface area (Å²) in [7, 11) is 0. The van der Waals surface area contributed by atoms with Gasteiger partial charge in [0.2, 0.25) is 5.91 Å². The van der Waals surface area contributed by atoms with E-state index in [1.165, 1.54) is 70.6 Å². The van der Waals surface area contributed by atoms with E-state index in [2.05, 4.69) is 0 Å². The molecular weight excluding hydrogens is 260 g/mol. The monoisotopic (exact) mass is 294 g/mol. The summed E-state index contributed by atoms with van der Waals surface area (Å²) >= 11 is 0. The maximum atomic E-state index is 11.4. The Kier molecular flexibility index (Phi) is 6.53. The number of carbonyl (C=O) groups excluding carboxylic acids is 1. The smallest absolute Gasteiger partial charge is 0.219 e. The Balaban J connectivity index is 1.86. The Morgan fingerprint density at radius 1 is 0.905 bits per heavy atom. The molecule has 21 heavy (non-hydrogen) atoms. The van der Waals surface area contributed by atoms with Gasteiger partial charge in [-0.3, -0.25) is 4.79 Å². The van der Waals surface area contributed by atoms with Crippen molar-refractivity contribution >= 4 is 5.91 Å². The van der Waals surface area contributed by atoms with Crippen molar-refractivity contribution in [3.8, 4) is 0 Å². The maximum absolute atomic E-state index is 11.4. The molecule has 4 N–H and O–H groups in total. The van der Waals surface area contributed by atoms with Crippen molar-refractivity contribution in [2.24, 2.45) is 23.3 Å². The van der Waals surface area contributed by atoms with Crippen molar-refractivity contribution in [2.75, 3.05) is 0 Å². The van der Waals surface area contributed by atoms with E-state index < -0.39 is 0 Å². The lowest BCUT2D eigenvalue weighted by molar-refractivity contribution is -0.119. The highest BCUT2D eigenvalue weighted by molar-refractivity contribution is 5.75. The fraction of sp³-hybridized carbons (Fsp3) is 0.944. The van der Waals surface area contributed by atoms with Crippen molar-refractivity contribution in [3.63, 3.8) is 0 Å². The number of hydrogen-bond acceptors (Lipinski definition) is 2. The number of hydrogen-bond donors (Lipinski definition) is 2. The summed E-state index contributed by atoms with van der Waals surface area (Å²) in [6.45, 7) is 0. The average molecular weight is 294 g/mol. The molecule has 0 aromatic heterocycles. The number of amides is 1. The van der Waals surface area contributed by atoms with Gasteiger partial charge in [-0.25, -0.2) is 0 Å². The molecule has 1 amide bonds. The molecule has 0 aromatic rings. The largest absolute Gasteiger partial charge is 0.370 e. The summed E-state index contributed by atoms with van der Waals surface area (Å²) in [4.78, 5) is 11.4. The first kappa shape index (κ1) is 16.8. The molecule has 1 atom stereocenters. The second kappa shape index (κ2) is 8.17. The molecular formula is C18H34N2O. The molecule has 0 saturated heterocycles. The first-order valence-electron chi connectivity index (χ1n) is 9.15. The van der Waals surface area contributed by atoms with Crippen molar-refractivity contribution in [1.82, 2.24) is 0 Å². The Morgan fingerprint density at radius 3 is 1.95 bits per heavy atom. The van der Waals surface area contributed by atoms with Crippen molar-refractivity contribution in [1.29, 1.82) is 0 Å². The molecule has 3 nitrogen and oxygen atoms in total. The third-order valence-corrected chi connectivity index (χ3v) is 5.72. The van der Waals surface area contributed by atoms with Gasteiger partial charge in [0, 0.05) is 12.0 Å². The highest BCUT2D eigenvalue weighted by atomic mass is 16.1. The molecule has 2 fully saturated rings. The maximum Gasteiger partial charge on any atom is 0.219 e. The fourth-order valence-corrected chi connectivity index (χ4v) is 4.54. The number of rotatable bonds is 7. The second-order valence-corrected chi connectivity index (χ2v) is 7.76. The predicted molar refractivity (Wildman–Crippen MR) is 87.7 cm³/mol. The minimum Gasteiger partial charge on any atom is -0.370 e. The standard InChI is InChI=1S/C18H34N2O/c19-17(21)14-18(20,13-16-9-5-2-6-10-16)12-11-15-7-3-1-4-8-15/h15-16H,1-14,20H2,(H2,19,21). The van der Waals surface area contributed by atoms with E-state index in [1.54, 1.807) is 0 Å². The Labute approximate surface area is 130 Å². The van der Waals surface area contributed by atoms with Crippen LogP contribution in [0.15, 0.2) is 0 Å². The van der Waals surface area contributed by atoms with Crippen LogP contribution >= 0.6 is 0 Å². The summed E-state index contributed by atoms with van der Waals surface area (Å²) in [5.41, 5.74) is 11.8. The topological polar surface area (TPSA) is 69.1 Å². The van der Waals surface area contributed by atoms with Crippen LogP contribution in [0.2, 0.25) is 0 Å². The lowest BCUT2D eigenvalue weighted by Gasteiger charge is -2.35. The lowest BCUT2D eigenvalue weighted by atomic mass is 9.74. The first-order valence-corrected chi connectivity index (χ1v) is 9.15. The molecule has 1 unspecified atom stereocenters. The number of nitrogens with two attached hydrogens (primary N) is 2. The zero-order chi connectivity index (χ0) is 15.1. The summed E-state index contributed by atoms with van der Waals surface area (Å²) in [6.07, 6.45) is 17.0. The van der Waals surface area contributed by atoms with Gasteiger partial charge < -0.3 is 11.5 Å². The van der Waals surface area contributed by atoms with Crippen LogP contribution in [0, 0.1) is 11.8 Å². The molecule has 0 radical (unpaired) electrons. The highest BCUT2D eigenvalue weighted by Crippen LogP contribution is 2.35.